The number of sulfonamides is 1. The highest BCUT2D eigenvalue weighted by Crippen LogP contribution is 2.29. The molecule has 6 nitrogen and oxygen atoms in total. The zero-order valence-corrected chi connectivity index (χ0v) is 15.1. The molecule has 0 saturated heterocycles. The van der Waals surface area contributed by atoms with E-state index in [0.29, 0.717) is 6.54 Å². The predicted octanol–water partition coefficient (Wildman–Crippen LogP) is 1.26. The first-order chi connectivity index (χ1) is 11.4. The van der Waals surface area contributed by atoms with Crippen molar-refractivity contribution in [1.29, 1.82) is 0 Å². The van der Waals surface area contributed by atoms with Crippen LogP contribution in [0, 0.1) is 0 Å². The molecule has 0 unspecified atom stereocenters. The maximum atomic E-state index is 12.5. The minimum absolute atomic E-state index is 0.0559. The molecule has 1 aromatic carbocycles. The Morgan fingerprint density at radius 1 is 1.08 bits per heavy atom. The summed E-state index contributed by atoms with van der Waals surface area (Å²) in [5.41, 5.74) is -0.761. The highest BCUT2D eigenvalue weighted by molar-refractivity contribution is 7.88. The molecule has 0 aromatic heterocycles. The van der Waals surface area contributed by atoms with E-state index >= 15 is 0 Å². The summed E-state index contributed by atoms with van der Waals surface area (Å²) in [7, 11) is 0.210. The standard InChI is InChI=1S/C15H22F3N3O3S/c1-20(2)10-11-21(25(3,23)24)9-8-19-14(22)12-4-6-13(7-5-12)15(16,17)18/h4-7H,8-11H2,1-3H3,(H,19,22). The molecule has 0 radical (unpaired) electrons. The van der Waals surface area contributed by atoms with E-state index in [4.69, 9.17) is 0 Å². The van der Waals surface area contributed by atoms with Gasteiger partial charge in [-0.1, -0.05) is 0 Å². The third-order valence-corrected chi connectivity index (χ3v) is 4.69. The van der Waals surface area contributed by atoms with Crippen molar-refractivity contribution in [2.45, 2.75) is 6.18 Å². The topological polar surface area (TPSA) is 69.7 Å². The molecule has 1 rings (SSSR count). The molecule has 0 bridgehead atoms. The summed E-state index contributed by atoms with van der Waals surface area (Å²) < 4.78 is 62.1. The SMILES string of the molecule is CN(C)CCN(CCNC(=O)c1ccc(C(F)(F)F)cc1)S(C)(=O)=O. The van der Waals surface area contributed by atoms with Crippen molar-refractivity contribution in [3.05, 3.63) is 35.4 Å². The number of rotatable bonds is 8. The monoisotopic (exact) mass is 381 g/mol. The number of nitrogens with zero attached hydrogens (tertiary/aromatic N) is 2. The molecule has 25 heavy (non-hydrogen) atoms. The van der Waals surface area contributed by atoms with Crippen LogP contribution in [0.15, 0.2) is 24.3 Å². The number of hydrogen-bond donors (Lipinski definition) is 1. The third kappa shape index (κ3) is 7.41. The summed E-state index contributed by atoms with van der Waals surface area (Å²) >= 11 is 0. The molecule has 0 heterocycles. The van der Waals surface area contributed by atoms with Gasteiger partial charge in [-0.15, -0.1) is 0 Å². The number of hydrogen-bond acceptors (Lipinski definition) is 4. The molecular weight excluding hydrogens is 359 g/mol. The highest BCUT2D eigenvalue weighted by atomic mass is 32.2. The van der Waals surface area contributed by atoms with Gasteiger partial charge in [-0.25, -0.2) is 8.42 Å². The van der Waals surface area contributed by atoms with Crippen LogP contribution in [0.3, 0.4) is 0 Å². The van der Waals surface area contributed by atoms with E-state index in [-0.39, 0.29) is 25.2 Å². The van der Waals surface area contributed by atoms with Gasteiger partial charge in [0.15, 0.2) is 0 Å². The number of carbonyl (C=O) groups excluding carboxylic acids is 1. The maximum Gasteiger partial charge on any atom is 0.416 e. The Labute approximate surface area is 145 Å². The Hall–Kier alpha value is -1.65. The van der Waals surface area contributed by atoms with Gasteiger partial charge in [0, 0.05) is 31.7 Å². The second-order valence-electron chi connectivity index (χ2n) is 5.80. The molecule has 1 amide bonds. The molecule has 0 spiro atoms. The molecule has 0 aliphatic carbocycles. The van der Waals surface area contributed by atoms with Crippen LogP contribution in [-0.4, -0.2) is 70.1 Å². The number of likely N-dealkylation sites (N-methyl/N-ethyl adjacent to an activating group) is 1. The number of nitrogens with one attached hydrogen (secondary N) is 1. The van der Waals surface area contributed by atoms with Crippen molar-refractivity contribution in [2.75, 3.05) is 46.5 Å². The van der Waals surface area contributed by atoms with Gasteiger partial charge < -0.3 is 10.2 Å². The van der Waals surface area contributed by atoms with Crippen LogP contribution in [0.4, 0.5) is 13.2 Å². The Morgan fingerprint density at radius 2 is 1.64 bits per heavy atom. The van der Waals surface area contributed by atoms with Crippen LogP contribution in [0.2, 0.25) is 0 Å². The lowest BCUT2D eigenvalue weighted by molar-refractivity contribution is -0.137. The van der Waals surface area contributed by atoms with E-state index in [1.165, 1.54) is 4.31 Å². The lowest BCUT2D eigenvalue weighted by atomic mass is 10.1. The van der Waals surface area contributed by atoms with E-state index in [2.05, 4.69) is 5.32 Å². The zero-order chi connectivity index (χ0) is 19.3. The van der Waals surface area contributed by atoms with Crippen LogP contribution in [-0.2, 0) is 16.2 Å². The molecule has 10 heteroatoms. The molecule has 142 valence electrons. The Kier molecular flexibility index (Phi) is 7.39. The lowest BCUT2D eigenvalue weighted by Gasteiger charge is -2.22. The van der Waals surface area contributed by atoms with E-state index in [1.807, 2.05) is 19.0 Å². The molecule has 1 N–H and O–H groups in total. The number of carbonyl (C=O) groups is 1. The Balaban J connectivity index is 2.60. The van der Waals surface area contributed by atoms with Gasteiger partial charge in [0.05, 0.1) is 11.8 Å². The minimum atomic E-state index is -4.46. The van der Waals surface area contributed by atoms with Gasteiger partial charge in [-0.3, -0.25) is 4.79 Å². The Bertz CT molecular complexity index is 674. The van der Waals surface area contributed by atoms with Crippen LogP contribution < -0.4 is 5.32 Å². The summed E-state index contributed by atoms with van der Waals surface area (Å²) in [4.78, 5) is 13.8. The molecule has 0 aliphatic heterocycles. The second-order valence-corrected chi connectivity index (χ2v) is 7.78. The van der Waals surface area contributed by atoms with E-state index in [0.717, 1.165) is 30.5 Å². The summed E-state index contributed by atoms with van der Waals surface area (Å²) in [6.45, 7) is 0.946. The van der Waals surface area contributed by atoms with Crippen LogP contribution >= 0.6 is 0 Å². The molecule has 0 saturated carbocycles. The first-order valence-electron chi connectivity index (χ1n) is 7.46. The van der Waals surface area contributed by atoms with E-state index < -0.39 is 27.7 Å². The fourth-order valence-electron chi connectivity index (χ4n) is 1.96. The molecular formula is C15H22F3N3O3S. The lowest BCUT2D eigenvalue weighted by Crippen LogP contribution is -2.41. The number of halogens is 3. The summed E-state index contributed by atoms with van der Waals surface area (Å²) in [5.74, 6) is -0.560. The fraction of sp³-hybridized carbons (Fsp3) is 0.533. The van der Waals surface area contributed by atoms with Gasteiger partial charge in [-0.05, 0) is 38.4 Å². The van der Waals surface area contributed by atoms with E-state index in [9.17, 15) is 26.4 Å². The highest BCUT2D eigenvalue weighted by Gasteiger charge is 2.30. The van der Waals surface area contributed by atoms with Crippen molar-refractivity contribution in [2.24, 2.45) is 0 Å². The van der Waals surface area contributed by atoms with Gasteiger partial charge >= 0.3 is 6.18 Å². The van der Waals surface area contributed by atoms with Crippen molar-refractivity contribution >= 4 is 15.9 Å². The first kappa shape index (κ1) is 21.4. The average molecular weight is 381 g/mol. The van der Waals surface area contributed by atoms with Gasteiger partial charge in [-0.2, -0.15) is 17.5 Å². The van der Waals surface area contributed by atoms with E-state index in [1.54, 1.807) is 0 Å². The molecule has 0 atom stereocenters. The smallest absolute Gasteiger partial charge is 0.351 e. The fourth-order valence-corrected chi connectivity index (χ4v) is 2.80. The number of amides is 1. The van der Waals surface area contributed by atoms with Crippen molar-refractivity contribution < 1.29 is 26.4 Å². The third-order valence-electron chi connectivity index (χ3n) is 3.39. The summed E-state index contributed by atoms with van der Waals surface area (Å²) in [5, 5.41) is 2.51. The minimum Gasteiger partial charge on any atom is -0.351 e. The number of alkyl halides is 3. The van der Waals surface area contributed by atoms with Crippen molar-refractivity contribution in [3.63, 3.8) is 0 Å². The zero-order valence-electron chi connectivity index (χ0n) is 14.3. The first-order valence-corrected chi connectivity index (χ1v) is 9.31. The quantitative estimate of drug-likeness (QED) is 0.736. The summed E-state index contributed by atoms with van der Waals surface area (Å²) in [6.07, 6.45) is -3.38. The van der Waals surface area contributed by atoms with Crippen LogP contribution in [0.25, 0.3) is 0 Å². The van der Waals surface area contributed by atoms with Crippen LogP contribution in [0.5, 0.6) is 0 Å². The molecule has 0 fully saturated rings. The van der Waals surface area contributed by atoms with Crippen LogP contribution in [0.1, 0.15) is 15.9 Å². The van der Waals surface area contributed by atoms with Gasteiger partial charge in [0.2, 0.25) is 10.0 Å². The normalized spacial score (nSPS) is 12.6. The van der Waals surface area contributed by atoms with Crippen molar-refractivity contribution in [3.8, 4) is 0 Å². The van der Waals surface area contributed by atoms with Gasteiger partial charge in [0.1, 0.15) is 0 Å². The summed E-state index contributed by atoms with van der Waals surface area (Å²) in [6, 6.07) is 3.82. The van der Waals surface area contributed by atoms with Crippen molar-refractivity contribution in [1.82, 2.24) is 14.5 Å². The van der Waals surface area contributed by atoms with Gasteiger partial charge in [0.25, 0.3) is 5.91 Å². The average Bonchev–Trinajstić information content (AvgIpc) is 2.48. The molecule has 1 aromatic rings. The maximum absolute atomic E-state index is 12.5. The predicted molar refractivity (Wildman–Crippen MR) is 88.7 cm³/mol. The number of benzene rings is 1. The largest absolute Gasteiger partial charge is 0.416 e. The Morgan fingerprint density at radius 3 is 2.08 bits per heavy atom. The molecule has 0 aliphatic rings. The second kappa shape index (κ2) is 8.63.